The Morgan fingerprint density at radius 2 is 2.03 bits per heavy atom. The number of aromatic amines is 1. The minimum Gasteiger partial charge on any atom is -0.510 e. The van der Waals surface area contributed by atoms with Crippen LogP contribution in [0.25, 0.3) is 22.3 Å². The van der Waals surface area contributed by atoms with E-state index in [0.717, 1.165) is 27.8 Å². The number of imidazole rings is 1. The Kier molecular flexibility index (Phi) is 5.25. The molecule has 30 heavy (non-hydrogen) atoms. The summed E-state index contributed by atoms with van der Waals surface area (Å²) in [6, 6.07) is 15.6. The highest BCUT2D eigenvalue weighted by molar-refractivity contribution is 7.99. The first kappa shape index (κ1) is 19.7. The van der Waals surface area contributed by atoms with Gasteiger partial charge in [0.15, 0.2) is 5.82 Å². The van der Waals surface area contributed by atoms with Crippen molar-refractivity contribution in [2.24, 2.45) is 0 Å². The maximum absolute atomic E-state index is 10.8. The van der Waals surface area contributed by atoms with E-state index in [1.807, 2.05) is 56.3 Å². The molecule has 4 rings (SSSR count). The number of allylic oxidation sites excluding steroid dienone is 1. The average molecular weight is 417 g/mol. The molecule has 2 aromatic heterocycles. The standard InChI is InChI=1S/C21H19N7OS/c1-12-8-9-13(2)18(10-12)28-21(25-26-27-28)30-14(3)19(29)15(11-22)20-23-16-6-4-5-7-17(16)24-20/h4-10,14,29H,1-3H3,(H,23,24)/b19-15-/t14-/m1/s1. The number of rotatable bonds is 5. The Morgan fingerprint density at radius 3 is 2.80 bits per heavy atom. The van der Waals surface area contributed by atoms with Crippen molar-refractivity contribution in [2.45, 2.75) is 31.2 Å². The molecule has 8 nitrogen and oxygen atoms in total. The van der Waals surface area contributed by atoms with E-state index in [-0.39, 0.29) is 11.3 Å². The van der Waals surface area contributed by atoms with Crippen LogP contribution in [-0.2, 0) is 0 Å². The van der Waals surface area contributed by atoms with E-state index >= 15 is 0 Å². The summed E-state index contributed by atoms with van der Waals surface area (Å²) in [5, 5.41) is 32.5. The largest absolute Gasteiger partial charge is 0.510 e. The van der Waals surface area contributed by atoms with Gasteiger partial charge >= 0.3 is 0 Å². The molecule has 9 heteroatoms. The van der Waals surface area contributed by atoms with E-state index in [1.54, 1.807) is 11.6 Å². The maximum atomic E-state index is 10.8. The second kappa shape index (κ2) is 8.00. The lowest BCUT2D eigenvalue weighted by molar-refractivity contribution is 0.401. The van der Waals surface area contributed by atoms with Crippen LogP contribution in [0.4, 0.5) is 0 Å². The molecule has 2 N–H and O–H groups in total. The van der Waals surface area contributed by atoms with Crippen LogP contribution in [0.2, 0.25) is 0 Å². The fourth-order valence-electron chi connectivity index (χ4n) is 3.07. The molecule has 4 aromatic rings. The molecule has 0 bridgehead atoms. The highest BCUT2D eigenvalue weighted by Gasteiger charge is 2.22. The number of para-hydroxylation sites is 2. The minimum atomic E-state index is -0.470. The number of hydrogen-bond donors (Lipinski definition) is 2. The van der Waals surface area contributed by atoms with Gasteiger partial charge in [-0.2, -0.15) is 9.94 Å². The Bertz CT molecular complexity index is 1270. The third-order valence-electron chi connectivity index (χ3n) is 4.70. The van der Waals surface area contributed by atoms with Crippen LogP contribution in [-0.4, -0.2) is 40.5 Å². The molecule has 0 aliphatic heterocycles. The van der Waals surface area contributed by atoms with Gasteiger partial charge in [-0.25, -0.2) is 4.98 Å². The van der Waals surface area contributed by atoms with Gasteiger partial charge < -0.3 is 10.1 Å². The van der Waals surface area contributed by atoms with Crippen LogP contribution in [0.5, 0.6) is 0 Å². The van der Waals surface area contributed by atoms with Gasteiger partial charge in [0.05, 0.1) is 22.0 Å². The number of hydrogen-bond acceptors (Lipinski definition) is 7. The van der Waals surface area contributed by atoms with Crippen molar-refractivity contribution in [3.63, 3.8) is 0 Å². The molecule has 2 heterocycles. The molecule has 1 atom stereocenters. The van der Waals surface area contributed by atoms with Gasteiger partial charge in [0.1, 0.15) is 17.4 Å². The van der Waals surface area contributed by atoms with Crippen molar-refractivity contribution >= 4 is 28.4 Å². The summed E-state index contributed by atoms with van der Waals surface area (Å²) in [4.78, 5) is 7.51. The number of nitriles is 1. The van der Waals surface area contributed by atoms with Crippen LogP contribution in [0.15, 0.2) is 53.4 Å². The van der Waals surface area contributed by atoms with Crippen molar-refractivity contribution in [1.29, 1.82) is 5.26 Å². The highest BCUT2D eigenvalue weighted by Crippen LogP contribution is 2.30. The zero-order valence-electron chi connectivity index (χ0n) is 16.7. The highest BCUT2D eigenvalue weighted by atomic mass is 32.2. The van der Waals surface area contributed by atoms with Crippen LogP contribution in [0.1, 0.15) is 23.9 Å². The lowest BCUT2D eigenvalue weighted by Gasteiger charge is -2.13. The Labute approximate surface area is 177 Å². The summed E-state index contributed by atoms with van der Waals surface area (Å²) in [6.07, 6.45) is 0. The molecule has 2 aromatic carbocycles. The van der Waals surface area contributed by atoms with Crippen molar-refractivity contribution in [3.05, 3.63) is 65.2 Å². The smallest absolute Gasteiger partial charge is 0.214 e. The number of aryl methyl sites for hydroxylation is 2. The summed E-state index contributed by atoms with van der Waals surface area (Å²) in [5.41, 5.74) is 4.61. The molecular formula is C21H19N7OS. The molecule has 0 aliphatic rings. The molecule has 150 valence electrons. The summed E-state index contributed by atoms with van der Waals surface area (Å²) in [5.74, 6) is 0.245. The molecule has 0 saturated carbocycles. The Morgan fingerprint density at radius 1 is 1.23 bits per heavy atom. The number of nitrogens with zero attached hydrogens (tertiary/aromatic N) is 6. The van der Waals surface area contributed by atoms with E-state index in [0.29, 0.717) is 11.0 Å². The van der Waals surface area contributed by atoms with E-state index in [4.69, 9.17) is 0 Å². The van der Waals surface area contributed by atoms with Crippen molar-refractivity contribution < 1.29 is 5.11 Å². The maximum Gasteiger partial charge on any atom is 0.214 e. The van der Waals surface area contributed by atoms with Crippen molar-refractivity contribution in [2.75, 3.05) is 0 Å². The Balaban J connectivity index is 1.67. The predicted octanol–water partition coefficient (Wildman–Crippen LogP) is 4.13. The first-order chi connectivity index (χ1) is 14.5. The molecule has 0 spiro atoms. The molecule has 0 unspecified atom stereocenters. The molecular weight excluding hydrogens is 398 g/mol. The number of tetrazole rings is 1. The molecule has 0 aliphatic carbocycles. The summed E-state index contributed by atoms with van der Waals surface area (Å²) in [7, 11) is 0. The van der Waals surface area contributed by atoms with Gasteiger partial charge in [-0.1, -0.05) is 36.0 Å². The molecule has 0 saturated heterocycles. The monoisotopic (exact) mass is 417 g/mol. The van der Waals surface area contributed by atoms with Gasteiger partial charge in [-0.3, -0.25) is 0 Å². The van der Waals surface area contributed by atoms with Crippen LogP contribution in [0.3, 0.4) is 0 Å². The number of H-pyrrole nitrogens is 1. The molecule has 0 radical (unpaired) electrons. The van der Waals surface area contributed by atoms with Gasteiger partial charge in [-0.05, 0) is 60.5 Å². The van der Waals surface area contributed by atoms with E-state index in [9.17, 15) is 10.4 Å². The second-order valence-corrected chi connectivity index (χ2v) is 8.21. The van der Waals surface area contributed by atoms with Gasteiger partial charge in [0.2, 0.25) is 5.16 Å². The van der Waals surface area contributed by atoms with E-state index in [1.165, 1.54) is 11.8 Å². The van der Waals surface area contributed by atoms with Crippen LogP contribution in [0, 0.1) is 25.2 Å². The number of aliphatic hydroxyl groups excluding tert-OH is 1. The third-order valence-corrected chi connectivity index (χ3v) is 5.74. The quantitative estimate of drug-likeness (QED) is 0.285. The van der Waals surface area contributed by atoms with Crippen LogP contribution < -0.4 is 0 Å². The van der Waals surface area contributed by atoms with Crippen LogP contribution >= 0.6 is 11.8 Å². The number of benzene rings is 2. The number of fused-ring (bicyclic) bond motifs is 1. The summed E-state index contributed by atoms with van der Waals surface area (Å²) >= 11 is 1.27. The van der Waals surface area contributed by atoms with E-state index < -0.39 is 5.25 Å². The SMILES string of the molecule is Cc1ccc(C)c(-n2nnnc2S[C@H](C)/C(O)=C(\C#N)c2nc3ccccc3[nH]2)c1. The Hall–Kier alpha value is -3.64. The summed E-state index contributed by atoms with van der Waals surface area (Å²) < 4.78 is 1.64. The summed E-state index contributed by atoms with van der Waals surface area (Å²) in [6.45, 7) is 5.78. The first-order valence-corrected chi connectivity index (χ1v) is 10.2. The predicted molar refractivity (Wildman–Crippen MR) is 115 cm³/mol. The zero-order valence-corrected chi connectivity index (χ0v) is 17.5. The van der Waals surface area contributed by atoms with Gasteiger partial charge in [0.25, 0.3) is 0 Å². The first-order valence-electron chi connectivity index (χ1n) is 9.29. The zero-order chi connectivity index (χ0) is 21.3. The number of aromatic nitrogens is 6. The number of nitrogens with one attached hydrogen (secondary N) is 1. The number of aliphatic hydroxyl groups is 1. The van der Waals surface area contributed by atoms with E-state index in [2.05, 4.69) is 31.6 Å². The normalized spacial score (nSPS) is 13.1. The van der Waals surface area contributed by atoms with Crippen molar-refractivity contribution in [3.8, 4) is 11.8 Å². The van der Waals surface area contributed by atoms with Gasteiger partial charge in [0, 0.05) is 0 Å². The lowest BCUT2D eigenvalue weighted by atomic mass is 10.1. The fraction of sp³-hybridized carbons (Fsp3) is 0.190. The molecule has 0 amide bonds. The lowest BCUT2D eigenvalue weighted by Crippen LogP contribution is -2.08. The number of thioether (sulfide) groups is 1. The topological polar surface area (TPSA) is 116 Å². The average Bonchev–Trinajstić information content (AvgIpc) is 3.37. The van der Waals surface area contributed by atoms with Crippen molar-refractivity contribution in [1.82, 2.24) is 30.2 Å². The minimum absolute atomic E-state index is 0.0860. The molecule has 0 fully saturated rings. The fourth-order valence-corrected chi connectivity index (χ4v) is 3.94. The third kappa shape index (κ3) is 3.65. The van der Waals surface area contributed by atoms with Gasteiger partial charge in [-0.15, -0.1) is 5.10 Å². The second-order valence-electron chi connectivity index (χ2n) is 6.90.